The van der Waals surface area contributed by atoms with E-state index in [1.54, 1.807) is 0 Å². The molecule has 0 bridgehead atoms. The fourth-order valence-electron chi connectivity index (χ4n) is 5.30. The van der Waals surface area contributed by atoms with Gasteiger partial charge in [-0.25, -0.2) is 9.97 Å². The Hall–Kier alpha value is -5.05. The number of aromatic nitrogens is 2. The van der Waals surface area contributed by atoms with Gasteiger partial charge in [0.1, 0.15) is 0 Å². The Balaban J connectivity index is 1.44. The van der Waals surface area contributed by atoms with E-state index in [2.05, 4.69) is 109 Å². The lowest BCUT2D eigenvalue weighted by atomic mass is 9.94. The van der Waals surface area contributed by atoms with Crippen LogP contribution in [0.1, 0.15) is 0 Å². The average molecular weight is 545 g/mol. The molecule has 1 heterocycles. The first kappa shape index (κ1) is 25.0. The molecular weight excluding hydrogens is 520 g/mol. The molecule has 6 aromatic carbocycles. The molecule has 0 atom stereocenters. The molecule has 3 heteroatoms. The Morgan fingerprint density at radius 3 is 1.78 bits per heavy atom. The number of nitrogens with zero attached hydrogens (tertiary/aromatic N) is 2. The van der Waals surface area contributed by atoms with Gasteiger partial charge in [0.25, 0.3) is 0 Å². The summed E-state index contributed by atoms with van der Waals surface area (Å²) >= 11 is 6.42. The predicted octanol–water partition coefficient (Wildman–Crippen LogP) is 10.6. The molecule has 0 saturated heterocycles. The maximum atomic E-state index is 6.42. The third-order valence-corrected chi connectivity index (χ3v) is 7.55. The highest BCUT2D eigenvalue weighted by atomic mass is 35.5. The zero-order chi connectivity index (χ0) is 27.6. The second-order valence-corrected chi connectivity index (χ2v) is 10.5. The van der Waals surface area contributed by atoms with Crippen LogP contribution in [-0.2, 0) is 0 Å². The summed E-state index contributed by atoms with van der Waals surface area (Å²) in [6.07, 6.45) is 0. The zero-order valence-corrected chi connectivity index (χ0v) is 23.0. The fourth-order valence-corrected chi connectivity index (χ4v) is 5.49. The largest absolute Gasteiger partial charge is 0.228 e. The van der Waals surface area contributed by atoms with Gasteiger partial charge in [-0.05, 0) is 69.4 Å². The van der Waals surface area contributed by atoms with Crippen molar-refractivity contribution in [2.75, 3.05) is 0 Å². The van der Waals surface area contributed by atoms with Crippen molar-refractivity contribution in [3.63, 3.8) is 0 Å². The van der Waals surface area contributed by atoms with E-state index in [9.17, 15) is 0 Å². The number of halogens is 1. The van der Waals surface area contributed by atoms with Crippen molar-refractivity contribution in [1.82, 2.24) is 9.97 Å². The second-order valence-electron chi connectivity index (χ2n) is 10.0. The molecule has 0 aliphatic carbocycles. The van der Waals surface area contributed by atoms with Crippen LogP contribution < -0.4 is 0 Å². The zero-order valence-electron chi connectivity index (χ0n) is 22.2. The minimum Gasteiger partial charge on any atom is -0.228 e. The summed E-state index contributed by atoms with van der Waals surface area (Å²) in [5, 5.41) is 3.03. The lowest BCUT2D eigenvalue weighted by Crippen LogP contribution is -1.96. The first-order valence-electron chi connectivity index (χ1n) is 13.6. The van der Waals surface area contributed by atoms with Gasteiger partial charge in [-0.1, -0.05) is 127 Å². The number of rotatable bonds is 5. The minimum atomic E-state index is 0.695. The van der Waals surface area contributed by atoms with Crippen LogP contribution in [0.5, 0.6) is 0 Å². The molecule has 194 valence electrons. The molecule has 0 saturated carbocycles. The molecule has 0 aliphatic heterocycles. The summed E-state index contributed by atoms with van der Waals surface area (Å²) in [5.74, 6) is 0.695. The van der Waals surface area contributed by atoms with Crippen molar-refractivity contribution < 1.29 is 0 Å². The van der Waals surface area contributed by atoms with Gasteiger partial charge < -0.3 is 0 Å². The van der Waals surface area contributed by atoms with Gasteiger partial charge in [-0.3, -0.25) is 0 Å². The number of hydrogen-bond donors (Lipinski definition) is 0. The minimum absolute atomic E-state index is 0.695. The average Bonchev–Trinajstić information content (AvgIpc) is 3.05. The first-order chi connectivity index (χ1) is 20.2. The molecule has 0 spiro atoms. The molecule has 0 amide bonds. The normalized spacial score (nSPS) is 11.0. The van der Waals surface area contributed by atoms with Gasteiger partial charge in [0.2, 0.25) is 0 Å². The number of benzene rings is 6. The van der Waals surface area contributed by atoms with Gasteiger partial charge in [-0.15, -0.1) is 0 Å². The number of fused-ring (bicyclic) bond motifs is 1. The third kappa shape index (κ3) is 5.14. The Labute approximate surface area is 244 Å². The quantitative estimate of drug-likeness (QED) is 0.215. The third-order valence-electron chi connectivity index (χ3n) is 7.32. The smallest absolute Gasteiger partial charge is 0.160 e. The van der Waals surface area contributed by atoms with Crippen molar-refractivity contribution >= 4 is 22.4 Å². The standard InChI is InChI=1S/C38H25ClN2/c39-33-19-10-17-30(23-33)35-24-32(22-29-15-7-8-20-34(29)35)37-25-36(40-38(41-37)27-13-5-2-6-14-27)31-18-9-16-28(21-31)26-11-3-1-4-12-26/h1-25H. The Kier molecular flexibility index (Phi) is 6.60. The molecule has 41 heavy (non-hydrogen) atoms. The molecule has 0 fully saturated rings. The van der Waals surface area contributed by atoms with E-state index < -0.39 is 0 Å². The van der Waals surface area contributed by atoms with Crippen LogP contribution in [0.15, 0.2) is 152 Å². The molecule has 2 nitrogen and oxygen atoms in total. The van der Waals surface area contributed by atoms with Gasteiger partial charge in [0, 0.05) is 21.7 Å². The SMILES string of the molecule is Clc1cccc(-c2cc(-c3cc(-c4cccc(-c5ccccc5)c4)nc(-c4ccccc4)n3)cc3ccccc23)c1. The van der Waals surface area contributed by atoms with E-state index >= 15 is 0 Å². The highest BCUT2D eigenvalue weighted by Gasteiger charge is 2.14. The molecule has 7 rings (SSSR count). The molecule has 0 aliphatic rings. The van der Waals surface area contributed by atoms with Gasteiger partial charge in [0.05, 0.1) is 11.4 Å². The summed E-state index contributed by atoms with van der Waals surface area (Å²) in [6.45, 7) is 0. The Morgan fingerprint density at radius 2 is 1.00 bits per heavy atom. The second kappa shape index (κ2) is 10.8. The fraction of sp³-hybridized carbons (Fsp3) is 0. The van der Waals surface area contributed by atoms with Gasteiger partial charge in [0.15, 0.2) is 5.82 Å². The van der Waals surface area contributed by atoms with E-state index in [0.29, 0.717) is 10.8 Å². The molecule has 7 aromatic rings. The Bertz CT molecular complexity index is 2000. The van der Waals surface area contributed by atoms with Crippen LogP contribution in [0.3, 0.4) is 0 Å². The van der Waals surface area contributed by atoms with Crippen molar-refractivity contribution in [2.45, 2.75) is 0 Å². The van der Waals surface area contributed by atoms with Crippen LogP contribution >= 0.6 is 11.6 Å². The van der Waals surface area contributed by atoms with Crippen molar-refractivity contribution in [3.05, 3.63) is 157 Å². The van der Waals surface area contributed by atoms with Crippen LogP contribution in [0.4, 0.5) is 0 Å². The van der Waals surface area contributed by atoms with E-state index in [1.165, 1.54) is 10.9 Å². The first-order valence-corrected chi connectivity index (χ1v) is 14.0. The van der Waals surface area contributed by atoms with Crippen molar-refractivity contribution in [2.24, 2.45) is 0 Å². The van der Waals surface area contributed by atoms with Gasteiger partial charge >= 0.3 is 0 Å². The summed E-state index contributed by atoms with van der Waals surface area (Å²) in [6, 6.07) is 52.2. The van der Waals surface area contributed by atoms with E-state index in [-0.39, 0.29) is 0 Å². The molecule has 0 N–H and O–H groups in total. The monoisotopic (exact) mass is 544 g/mol. The molecule has 0 unspecified atom stereocenters. The highest BCUT2D eigenvalue weighted by Crippen LogP contribution is 2.36. The number of hydrogen-bond acceptors (Lipinski definition) is 2. The maximum Gasteiger partial charge on any atom is 0.160 e. The lowest BCUT2D eigenvalue weighted by molar-refractivity contribution is 1.18. The van der Waals surface area contributed by atoms with Crippen molar-refractivity contribution in [3.8, 4) is 56.2 Å². The van der Waals surface area contributed by atoms with Crippen LogP contribution in [0.25, 0.3) is 66.9 Å². The summed E-state index contributed by atoms with van der Waals surface area (Å²) in [5.41, 5.74) is 9.31. The molecular formula is C38H25ClN2. The van der Waals surface area contributed by atoms with E-state index in [1.807, 2.05) is 42.5 Å². The molecule has 1 aromatic heterocycles. The van der Waals surface area contributed by atoms with Gasteiger partial charge in [-0.2, -0.15) is 0 Å². The predicted molar refractivity (Wildman–Crippen MR) is 172 cm³/mol. The van der Waals surface area contributed by atoms with Crippen LogP contribution in [-0.4, -0.2) is 9.97 Å². The van der Waals surface area contributed by atoms with Crippen LogP contribution in [0.2, 0.25) is 5.02 Å². The Morgan fingerprint density at radius 1 is 0.390 bits per heavy atom. The summed E-state index contributed by atoms with van der Waals surface area (Å²) in [4.78, 5) is 10.2. The topological polar surface area (TPSA) is 25.8 Å². The van der Waals surface area contributed by atoms with E-state index in [4.69, 9.17) is 21.6 Å². The van der Waals surface area contributed by atoms with Crippen molar-refractivity contribution in [1.29, 1.82) is 0 Å². The molecule has 0 radical (unpaired) electrons. The van der Waals surface area contributed by atoms with E-state index in [0.717, 1.165) is 50.2 Å². The lowest BCUT2D eigenvalue weighted by Gasteiger charge is -2.14. The maximum absolute atomic E-state index is 6.42. The summed E-state index contributed by atoms with van der Waals surface area (Å²) in [7, 11) is 0. The highest BCUT2D eigenvalue weighted by molar-refractivity contribution is 6.31. The summed E-state index contributed by atoms with van der Waals surface area (Å²) < 4.78 is 0. The van der Waals surface area contributed by atoms with Crippen LogP contribution in [0, 0.1) is 0 Å².